The van der Waals surface area contributed by atoms with E-state index in [0.717, 1.165) is 0 Å². The maximum atomic E-state index is 13.2. The molecule has 1 fully saturated rings. The lowest BCUT2D eigenvalue weighted by molar-refractivity contribution is 0.0697. The van der Waals surface area contributed by atoms with E-state index in [0.29, 0.717) is 22.6 Å². The van der Waals surface area contributed by atoms with Crippen LogP contribution in [0.4, 0.5) is 0 Å². The van der Waals surface area contributed by atoms with E-state index in [4.69, 9.17) is 13.9 Å². The zero-order chi connectivity index (χ0) is 23.3. The van der Waals surface area contributed by atoms with Crippen LogP contribution in [0.25, 0.3) is 11.1 Å². The number of oxazole rings is 1. The van der Waals surface area contributed by atoms with Gasteiger partial charge in [-0.3, -0.25) is 9.36 Å². The number of piperazine rings is 1. The van der Waals surface area contributed by atoms with Gasteiger partial charge in [-0.05, 0) is 44.2 Å². The summed E-state index contributed by atoms with van der Waals surface area (Å²) in [7, 11) is -3.81. The van der Waals surface area contributed by atoms with Crippen LogP contribution >= 0.6 is 0 Å². The first-order valence-corrected chi connectivity index (χ1v) is 12.0. The highest BCUT2D eigenvalue weighted by atomic mass is 32.2. The molecule has 11 heteroatoms. The second-order valence-electron chi connectivity index (χ2n) is 8.23. The van der Waals surface area contributed by atoms with Crippen LogP contribution in [-0.4, -0.2) is 61.1 Å². The van der Waals surface area contributed by atoms with E-state index < -0.39 is 15.8 Å². The van der Waals surface area contributed by atoms with Crippen LogP contribution in [0.1, 0.15) is 30.2 Å². The molecule has 3 aromatic rings. The molecule has 0 aliphatic carbocycles. The summed E-state index contributed by atoms with van der Waals surface area (Å²) in [5.41, 5.74) is 1.24. The first-order chi connectivity index (χ1) is 15.8. The number of rotatable bonds is 4. The van der Waals surface area contributed by atoms with Gasteiger partial charge >= 0.3 is 5.76 Å². The number of sulfonamides is 1. The van der Waals surface area contributed by atoms with Gasteiger partial charge in [0.05, 0.1) is 10.4 Å². The summed E-state index contributed by atoms with van der Waals surface area (Å²) in [6.07, 6.45) is 0. The first-order valence-electron chi connectivity index (χ1n) is 10.6. The Morgan fingerprint density at radius 3 is 2.42 bits per heavy atom. The smallest absolute Gasteiger partial charge is 0.420 e. The number of benzene rings is 2. The van der Waals surface area contributed by atoms with Gasteiger partial charge in [-0.15, -0.1) is 0 Å². The highest BCUT2D eigenvalue weighted by Crippen LogP contribution is 2.33. The molecule has 2 aliphatic heterocycles. The van der Waals surface area contributed by atoms with Crippen LogP contribution in [0.2, 0.25) is 0 Å². The van der Waals surface area contributed by atoms with Gasteiger partial charge in [-0.2, -0.15) is 4.31 Å². The fourth-order valence-electron chi connectivity index (χ4n) is 4.16. The number of aromatic nitrogens is 1. The molecule has 1 amide bonds. The molecule has 0 saturated carbocycles. The van der Waals surface area contributed by atoms with Crippen LogP contribution in [-0.2, 0) is 10.0 Å². The molecule has 10 nitrogen and oxygen atoms in total. The molecule has 2 aliphatic rings. The Labute approximate surface area is 189 Å². The predicted molar refractivity (Wildman–Crippen MR) is 118 cm³/mol. The molecular formula is C22H23N3O7S. The topological polar surface area (TPSA) is 111 Å². The van der Waals surface area contributed by atoms with Gasteiger partial charge in [-0.1, -0.05) is 0 Å². The molecule has 0 atom stereocenters. The van der Waals surface area contributed by atoms with Gasteiger partial charge < -0.3 is 18.8 Å². The number of ether oxygens (including phenoxy) is 2. The first kappa shape index (κ1) is 21.5. The summed E-state index contributed by atoms with van der Waals surface area (Å²) >= 11 is 0. The number of hydrogen-bond donors (Lipinski definition) is 0. The van der Waals surface area contributed by atoms with E-state index in [-0.39, 0.29) is 55.4 Å². The third kappa shape index (κ3) is 3.66. The quantitative estimate of drug-likeness (QED) is 0.570. The Morgan fingerprint density at radius 2 is 1.70 bits per heavy atom. The number of nitrogens with zero attached hydrogens (tertiary/aromatic N) is 3. The Morgan fingerprint density at radius 1 is 0.970 bits per heavy atom. The van der Waals surface area contributed by atoms with Gasteiger partial charge in [0.25, 0.3) is 5.91 Å². The van der Waals surface area contributed by atoms with Crippen molar-refractivity contribution in [2.45, 2.75) is 24.8 Å². The van der Waals surface area contributed by atoms with Gasteiger partial charge in [0.1, 0.15) is 0 Å². The van der Waals surface area contributed by atoms with Gasteiger partial charge in [0, 0.05) is 43.9 Å². The molecular weight excluding hydrogens is 450 g/mol. The van der Waals surface area contributed by atoms with Crippen molar-refractivity contribution in [1.29, 1.82) is 0 Å². The standard InChI is InChI=1S/C22H23N3O7S/c1-14(2)25-17-5-4-16(12-19(17)32-22(25)27)33(28,29)24-9-7-23(8-10-24)21(26)15-3-6-18-20(11-15)31-13-30-18/h3-6,11-12,14H,7-10,13H2,1-2H3. The number of amides is 1. The monoisotopic (exact) mass is 473 g/mol. The van der Waals surface area contributed by atoms with Gasteiger partial charge in [0.2, 0.25) is 16.8 Å². The van der Waals surface area contributed by atoms with E-state index in [1.165, 1.54) is 21.0 Å². The van der Waals surface area contributed by atoms with Crippen LogP contribution in [0.5, 0.6) is 11.5 Å². The van der Waals surface area contributed by atoms with Crippen molar-refractivity contribution in [3.05, 3.63) is 52.5 Å². The fourth-order valence-corrected chi connectivity index (χ4v) is 5.60. The minimum absolute atomic E-state index is 0.0511. The van der Waals surface area contributed by atoms with Crippen molar-refractivity contribution < 1.29 is 27.1 Å². The Bertz CT molecular complexity index is 1400. The molecule has 0 radical (unpaired) electrons. The number of fused-ring (bicyclic) bond motifs is 2. The van der Waals surface area contributed by atoms with Crippen LogP contribution in [0.3, 0.4) is 0 Å². The molecule has 3 heterocycles. The van der Waals surface area contributed by atoms with Crippen molar-refractivity contribution in [3.63, 3.8) is 0 Å². The summed E-state index contributed by atoms with van der Waals surface area (Å²) in [5.74, 6) is 0.406. The van der Waals surface area contributed by atoms with Crippen molar-refractivity contribution >= 4 is 27.0 Å². The lowest BCUT2D eigenvalue weighted by Gasteiger charge is -2.34. The number of carbonyl (C=O) groups is 1. The zero-order valence-electron chi connectivity index (χ0n) is 18.2. The fraction of sp³-hybridized carbons (Fsp3) is 0.364. The zero-order valence-corrected chi connectivity index (χ0v) is 19.0. The van der Waals surface area contributed by atoms with E-state index in [2.05, 4.69) is 0 Å². The van der Waals surface area contributed by atoms with Crippen molar-refractivity contribution in [2.75, 3.05) is 33.0 Å². The molecule has 0 N–H and O–H groups in total. The lowest BCUT2D eigenvalue weighted by Crippen LogP contribution is -2.50. The van der Waals surface area contributed by atoms with Crippen LogP contribution in [0.15, 0.2) is 50.5 Å². The number of carbonyl (C=O) groups excluding carboxylic acids is 1. The van der Waals surface area contributed by atoms with Crippen molar-refractivity contribution in [1.82, 2.24) is 13.8 Å². The summed E-state index contributed by atoms with van der Waals surface area (Å²) < 4.78 is 45.1. The van der Waals surface area contributed by atoms with Crippen LogP contribution < -0.4 is 15.2 Å². The Hall–Kier alpha value is -3.31. The molecule has 1 aromatic heterocycles. The maximum Gasteiger partial charge on any atom is 0.420 e. The average molecular weight is 474 g/mol. The summed E-state index contributed by atoms with van der Waals surface area (Å²) in [4.78, 5) is 26.7. The lowest BCUT2D eigenvalue weighted by atomic mass is 10.1. The van der Waals surface area contributed by atoms with Crippen LogP contribution in [0, 0.1) is 0 Å². The molecule has 5 rings (SSSR count). The summed E-state index contributed by atoms with van der Waals surface area (Å²) in [5, 5.41) is 0. The summed E-state index contributed by atoms with van der Waals surface area (Å²) in [6, 6.07) is 9.34. The highest BCUT2D eigenvalue weighted by molar-refractivity contribution is 7.89. The van der Waals surface area contributed by atoms with Crippen molar-refractivity contribution in [3.8, 4) is 11.5 Å². The van der Waals surface area contributed by atoms with Gasteiger partial charge in [-0.25, -0.2) is 13.2 Å². The van der Waals surface area contributed by atoms with E-state index in [9.17, 15) is 18.0 Å². The predicted octanol–water partition coefficient (Wildman–Crippen LogP) is 2.05. The Balaban J connectivity index is 1.32. The molecule has 0 bridgehead atoms. The third-order valence-corrected chi connectivity index (χ3v) is 7.78. The maximum absolute atomic E-state index is 13.2. The Kier molecular flexibility index (Phi) is 5.17. The van der Waals surface area contributed by atoms with Gasteiger partial charge in [0.15, 0.2) is 17.1 Å². The SMILES string of the molecule is CC(C)n1c(=O)oc2cc(S(=O)(=O)N3CCN(C(=O)c4ccc5c(c4)OCO5)CC3)ccc21. The third-order valence-electron chi connectivity index (χ3n) is 5.88. The van der Waals surface area contributed by atoms with E-state index in [1.807, 2.05) is 13.8 Å². The average Bonchev–Trinajstić information content (AvgIpc) is 3.40. The minimum Gasteiger partial charge on any atom is -0.454 e. The van der Waals surface area contributed by atoms with Crippen molar-refractivity contribution in [2.24, 2.45) is 0 Å². The second kappa shape index (κ2) is 7.92. The molecule has 2 aromatic carbocycles. The molecule has 33 heavy (non-hydrogen) atoms. The largest absolute Gasteiger partial charge is 0.454 e. The minimum atomic E-state index is -3.81. The van der Waals surface area contributed by atoms with E-state index in [1.54, 1.807) is 29.2 Å². The molecule has 1 saturated heterocycles. The molecule has 0 spiro atoms. The number of hydrogen-bond acceptors (Lipinski definition) is 7. The highest BCUT2D eigenvalue weighted by Gasteiger charge is 2.31. The molecule has 174 valence electrons. The molecule has 0 unspecified atom stereocenters. The normalized spacial score (nSPS) is 16.6. The summed E-state index contributed by atoms with van der Waals surface area (Å²) in [6.45, 7) is 4.67. The second-order valence-corrected chi connectivity index (χ2v) is 10.2. The van der Waals surface area contributed by atoms with E-state index >= 15 is 0 Å².